The van der Waals surface area contributed by atoms with Gasteiger partial charge in [-0.15, -0.1) is 0 Å². The zero-order valence-electron chi connectivity index (χ0n) is 12.8. The van der Waals surface area contributed by atoms with Crippen LogP contribution in [0.5, 0.6) is 0 Å². The third-order valence-electron chi connectivity index (χ3n) is 5.64. The molecule has 0 radical (unpaired) electrons. The van der Waals surface area contributed by atoms with Crippen LogP contribution in [-0.2, 0) is 19.1 Å². The first-order chi connectivity index (χ1) is 9.89. The molecule has 0 aromatic heterocycles. The summed E-state index contributed by atoms with van der Waals surface area (Å²) in [5.74, 6) is -0.197. The van der Waals surface area contributed by atoms with Crippen LogP contribution in [0.4, 0.5) is 0 Å². The topological polar surface area (TPSA) is 72.8 Å². The van der Waals surface area contributed by atoms with Crippen LogP contribution >= 0.6 is 0 Å². The zero-order valence-corrected chi connectivity index (χ0v) is 12.8. The number of ether oxygens (including phenoxy) is 2. The van der Waals surface area contributed by atoms with Crippen molar-refractivity contribution < 1.29 is 24.2 Å². The van der Waals surface area contributed by atoms with Crippen molar-refractivity contribution in [2.45, 2.75) is 64.1 Å². The molecule has 2 saturated heterocycles. The fraction of sp³-hybridized carbons (Fsp3) is 0.875. The van der Waals surface area contributed by atoms with Gasteiger partial charge in [0.2, 0.25) is 0 Å². The van der Waals surface area contributed by atoms with Crippen LogP contribution in [0.15, 0.2) is 0 Å². The Morgan fingerprint density at radius 1 is 1.43 bits per heavy atom. The van der Waals surface area contributed by atoms with E-state index in [0.717, 1.165) is 19.3 Å². The second-order valence-corrected chi connectivity index (χ2v) is 7.35. The van der Waals surface area contributed by atoms with Crippen molar-refractivity contribution in [1.29, 1.82) is 0 Å². The summed E-state index contributed by atoms with van der Waals surface area (Å²) in [6, 6.07) is 0. The smallest absolute Gasteiger partial charge is 0.314 e. The Labute approximate surface area is 125 Å². The molecule has 5 nitrogen and oxygen atoms in total. The van der Waals surface area contributed by atoms with Gasteiger partial charge in [0.1, 0.15) is 11.7 Å². The van der Waals surface area contributed by atoms with Crippen LogP contribution in [0.3, 0.4) is 0 Å². The molecule has 5 unspecified atom stereocenters. The number of carbonyl (C=O) groups is 2. The van der Waals surface area contributed by atoms with Crippen molar-refractivity contribution in [1.82, 2.24) is 0 Å². The first-order valence-corrected chi connectivity index (χ1v) is 7.94. The molecule has 2 heterocycles. The molecule has 0 aromatic rings. The fourth-order valence-corrected chi connectivity index (χ4v) is 4.14. The van der Waals surface area contributed by atoms with E-state index < -0.39 is 11.0 Å². The highest BCUT2D eigenvalue weighted by Gasteiger charge is 2.55. The van der Waals surface area contributed by atoms with Crippen LogP contribution < -0.4 is 0 Å². The number of rotatable bonds is 4. The number of aliphatic hydroxyl groups is 1. The average Bonchev–Trinajstić information content (AvgIpc) is 2.59. The van der Waals surface area contributed by atoms with Gasteiger partial charge < -0.3 is 14.6 Å². The maximum atomic E-state index is 12.5. The molecule has 5 atom stereocenters. The highest BCUT2D eigenvalue weighted by Crippen LogP contribution is 2.51. The minimum absolute atomic E-state index is 0.112. The molecule has 118 valence electrons. The van der Waals surface area contributed by atoms with Gasteiger partial charge in [-0.3, -0.25) is 9.59 Å². The predicted octanol–water partition coefficient (Wildman–Crippen LogP) is 1.81. The van der Waals surface area contributed by atoms with Crippen molar-refractivity contribution >= 4 is 11.9 Å². The lowest BCUT2D eigenvalue weighted by atomic mass is 9.65. The molecule has 0 spiro atoms. The minimum Gasteiger partial charge on any atom is -0.462 e. The summed E-state index contributed by atoms with van der Waals surface area (Å²) in [4.78, 5) is 24.5. The van der Waals surface area contributed by atoms with Crippen LogP contribution in [0.25, 0.3) is 0 Å². The molecule has 0 aromatic carbocycles. The van der Waals surface area contributed by atoms with E-state index in [1.54, 1.807) is 6.92 Å². The standard InChI is InChI=1S/C16H24O5/c1-3-15(2,9-17)14(19)21-16-6-10-4-11(7-16)13(18)20-12(5-10)8-16/h10-12,17H,3-9H2,1-2H3. The second-order valence-electron chi connectivity index (χ2n) is 7.35. The van der Waals surface area contributed by atoms with Gasteiger partial charge in [-0.05, 0) is 38.5 Å². The maximum Gasteiger partial charge on any atom is 0.314 e. The largest absolute Gasteiger partial charge is 0.462 e. The predicted molar refractivity (Wildman–Crippen MR) is 74.3 cm³/mol. The third-order valence-corrected chi connectivity index (χ3v) is 5.64. The molecule has 4 aliphatic rings. The summed E-state index contributed by atoms with van der Waals surface area (Å²) in [5, 5.41) is 9.49. The summed E-state index contributed by atoms with van der Waals surface area (Å²) in [6.07, 6.45) is 4.20. The summed E-state index contributed by atoms with van der Waals surface area (Å²) in [7, 11) is 0. The zero-order chi connectivity index (χ0) is 15.3. The van der Waals surface area contributed by atoms with Crippen molar-refractivity contribution in [2.24, 2.45) is 17.3 Å². The lowest BCUT2D eigenvalue weighted by molar-refractivity contribution is -0.187. The van der Waals surface area contributed by atoms with Gasteiger partial charge >= 0.3 is 11.9 Å². The SMILES string of the molecule is CCC(C)(CO)C(=O)OC12CC3CC(C1)OC(=O)C(C3)C2. The molecule has 0 amide bonds. The molecule has 2 saturated carbocycles. The lowest BCUT2D eigenvalue weighted by Gasteiger charge is -2.46. The van der Waals surface area contributed by atoms with Crippen LogP contribution in [0, 0.1) is 17.3 Å². The van der Waals surface area contributed by atoms with E-state index in [1.165, 1.54) is 0 Å². The van der Waals surface area contributed by atoms with Gasteiger partial charge in [-0.2, -0.15) is 0 Å². The van der Waals surface area contributed by atoms with E-state index in [0.29, 0.717) is 25.2 Å². The van der Waals surface area contributed by atoms with Gasteiger partial charge in [0.05, 0.1) is 17.9 Å². The molecule has 2 aliphatic carbocycles. The molecule has 1 N–H and O–H groups in total. The molecule has 21 heavy (non-hydrogen) atoms. The molecule has 4 fully saturated rings. The van der Waals surface area contributed by atoms with Crippen molar-refractivity contribution in [3.05, 3.63) is 0 Å². The Bertz CT molecular complexity index is 456. The van der Waals surface area contributed by atoms with E-state index in [9.17, 15) is 14.7 Å². The van der Waals surface area contributed by atoms with E-state index >= 15 is 0 Å². The quantitative estimate of drug-likeness (QED) is 0.801. The Kier molecular flexibility index (Phi) is 3.51. The molecular weight excluding hydrogens is 272 g/mol. The van der Waals surface area contributed by atoms with Gasteiger partial charge in [0, 0.05) is 12.8 Å². The summed E-state index contributed by atoms with van der Waals surface area (Å²) in [5.41, 5.74) is -1.42. The Hall–Kier alpha value is -1.10. The molecule has 4 rings (SSSR count). The fourth-order valence-electron chi connectivity index (χ4n) is 4.14. The van der Waals surface area contributed by atoms with Crippen molar-refractivity contribution in [2.75, 3.05) is 6.61 Å². The van der Waals surface area contributed by atoms with E-state index in [2.05, 4.69) is 0 Å². The first-order valence-electron chi connectivity index (χ1n) is 7.94. The van der Waals surface area contributed by atoms with Gasteiger partial charge in [-0.1, -0.05) is 6.92 Å². The van der Waals surface area contributed by atoms with E-state index in [4.69, 9.17) is 9.47 Å². The van der Waals surface area contributed by atoms with Crippen LogP contribution in [-0.4, -0.2) is 35.4 Å². The van der Waals surface area contributed by atoms with Crippen molar-refractivity contribution in [3.63, 3.8) is 0 Å². The number of carbonyl (C=O) groups excluding carboxylic acids is 2. The number of esters is 2. The minimum atomic E-state index is -0.858. The highest BCUT2D eigenvalue weighted by atomic mass is 16.6. The second kappa shape index (κ2) is 4.97. The van der Waals surface area contributed by atoms with E-state index in [1.807, 2.05) is 6.92 Å². The molecule has 5 heteroatoms. The maximum absolute atomic E-state index is 12.5. The number of fused-ring (bicyclic) bond motifs is 1. The summed E-state index contributed by atoms with van der Waals surface area (Å²) < 4.78 is 11.4. The van der Waals surface area contributed by atoms with Crippen molar-refractivity contribution in [3.8, 4) is 0 Å². The summed E-state index contributed by atoms with van der Waals surface area (Å²) in [6.45, 7) is 3.38. The first kappa shape index (κ1) is 14.8. The number of aliphatic hydroxyl groups excluding tert-OH is 1. The molecular formula is C16H24O5. The van der Waals surface area contributed by atoms with E-state index in [-0.39, 0.29) is 30.6 Å². The molecule has 2 aliphatic heterocycles. The Morgan fingerprint density at radius 2 is 2.19 bits per heavy atom. The normalized spacial score (nSPS) is 40.3. The van der Waals surface area contributed by atoms with Gasteiger partial charge in [0.15, 0.2) is 0 Å². The number of hydrogen-bond acceptors (Lipinski definition) is 5. The van der Waals surface area contributed by atoms with Crippen LogP contribution in [0.1, 0.15) is 52.4 Å². The monoisotopic (exact) mass is 296 g/mol. The third kappa shape index (κ3) is 2.45. The average molecular weight is 296 g/mol. The van der Waals surface area contributed by atoms with Crippen LogP contribution in [0.2, 0.25) is 0 Å². The highest BCUT2D eigenvalue weighted by molar-refractivity contribution is 5.77. The number of hydrogen-bond donors (Lipinski definition) is 1. The Morgan fingerprint density at radius 3 is 2.86 bits per heavy atom. The van der Waals surface area contributed by atoms with Gasteiger partial charge in [0.25, 0.3) is 0 Å². The lowest BCUT2D eigenvalue weighted by Crippen LogP contribution is -2.50. The Balaban J connectivity index is 1.82. The summed E-state index contributed by atoms with van der Waals surface area (Å²) >= 11 is 0. The molecule has 4 bridgehead atoms. The van der Waals surface area contributed by atoms with Gasteiger partial charge in [-0.25, -0.2) is 0 Å².